The topological polar surface area (TPSA) is 78.1 Å². The molecule has 1 aliphatic rings. The Morgan fingerprint density at radius 3 is 2.69 bits per heavy atom. The quantitative estimate of drug-likeness (QED) is 0.764. The normalized spacial score (nSPS) is 17.2. The molecule has 0 radical (unpaired) electrons. The van der Waals surface area contributed by atoms with E-state index in [4.69, 9.17) is 0 Å². The van der Waals surface area contributed by atoms with Crippen molar-refractivity contribution in [3.05, 3.63) is 60.3 Å². The fourth-order valence-corrected chi connectivity index (χ4v) is 3.42. The molecule has 1 aromatic heterocycles. The minimum atomic E-state index is -0.210. The predicted octanol–water partition coefficient (Wildman–Crippen LogP) is 3.05. The lowest BCUT2D eigenvalue weighted by Crippen LogP contribution is -2.44. The number of carbonyl (C=O) groups excluding carboxylic acids is 2. The summed E-state index contributed by atoms with van der Waals surface area (Å²) in [6, 6.07) is 17.0. The molecule has 2 N–H and O–H groups in total. The van der Waals surface area contributed by atoms with E-state index in [1.165, 1.54) is 0 Å². The Kier molecular flexibility index (Phi) is 4.39. The zero-order valence-electron chi connectivity index (χ0n) is 14.3. The third-order valence-electron chi connectivity index (χ3n) is 4.79. The van der Waals surface area contributed by atoms with E-state index in [0.717, 1.165) is 29.4 Å². The van der Waals surface area contributed by atoms with E-state index in [9.17, 15) is 9.59 Å². The maximum Gasteiger partial charge on any atom is 0.275 e. The van der Waals surface area contributed by atoms with Crippen LogP contribution in [0.1, 0.15) is 23.3 Å². The van der Waals surface area contributed by atoms with Crippen LogP contribution in [0.25, 0.3) is 10.9 Å². The molecule has 2 amide bonds. The second-order valence-corrected chi connectivity index (χ2v) is 6.56. The molecule has 0 saturated carbocycles. The van der Waals surface area contributed by atoms with Crippen molar-refractivity contribution in [2.45, 2.75) is 12.8 Å². The van der Waals surface area contributed by atoms with Gasteiger partial charge in [-0.2, -0.15) is 5.10 Å². The number of amides is 2. The van der Waals surface area contributed by atoms with Gasteiger partial charge in [0.1, 0.15) is 0 Å². The highest BCUT2D eigenvalue weighted by Gasteiger charge is 2.30. The molecule has 1 fully saturated rings. The Labute approximate surface area is 151 Å². The van der Waals surface area contributed by atoms with Gasteiger partial charge in [0.25, 0.3) is 5.91 Å². The minimum Gasteiger partial charge on any atom is -0.336 e. The number of H-pyrrole nitrogens is 1. The van der Waals surface area contributed by atoms with Gasteiger partial charge in [-0.1, -0.05) is 36.4 Å². The van der Waals surface area contributed by atoms with E-state index in [1.807, 2.05) is 54.6 Å². The third-order valence-corrected chi connectivity index (χ3v) is 4.79. The highest BCUT2D eigenvalue weighted by Crippen LogP contribution is 2.23. The number of nitrogens with one attached hydrogen (secondary N) is 2. The van der Waals surface area contributed by atoms with Crippen molar-refractivity contribution >= 4 is 28.4 Å². The second kappa shape index (κ2) is 7.00. The van der Waals surface area contributed by atoms with Crippen molar-refractivity contribution in [3.63, 3.8) is 0 Å². The first-order valence-electron chi connectivity index (χ1n) is 8.80. The van der Waals surface area contributed by atoms with Crippen LogP contribution in [0, 0.1) is 5.92 Å². The molecule has 0 bridgehead atoms. The van der Waals surface area contributed by atoms with Crippen LogP contribution in [0.5, 0.6) is 0 Å². The molecule has 3 aromatic rings. The van der Waals surface area contributed by atoms with E-state index in [0.29, 0.717) is 18.8 Å². The first-order chi connectivity index (χ1) is 12.7. The highest BCUT2D eigenvalue weighted by molar-refractivity contribution is 6.05. The molecule has 0 unspecified atom stereocenters. The number of benzene rings is 2. The number of aromatic nitrogens is 2. The van der Waals surface area contributed by atoms with Gasteiger partial charge in [-0.3, -0.25) is 14.7 Å². The summed E-state index contributed by atoms with van der Waals surface area (Å²) in [5, 5.41) is 10.8. The molecule has 6 heteroatoms. The standard InChI is InChI=1S/C20H20N4O2/c25-19(21-15-8-2-1-3-9-15)14-7-6-12-24(13-14)20(26)18-16-10-4-5-11-17(16)22-23-18/h1-5,8-11,14H,6-7,12-13H2,(H,21,25)(H,22,23)/t14-/m1/s1. The number of carbonyl (C=O) groups is 2. The van der Waals surface area contributed by atoms with Crippen LogP contribution in [0.4, 0.5) is 5.69 Å². The molecule has 1 atom stereocenters. The number of aromatic amines is 1. The zero-order valence-corrected chi connectivity index (χ0v) is 14.3. The van der Waals surface area contributed by atoms with Crippen molar-refractivity contribution < 1.29 is 9.59 Å². The Bertz CT molecular complexity index is 935. The van der Waals surface area contributed by atoms with Crippen LogP contribution in [0.15, 0.2) is 54.6 Å². The van der Waals surface area contributed by atoms with Gasteiger partial charge in [0.15, 0.2) is 5.69 Å². The Morgan fingerprint density at radius 1 is 1.08 bits per heavy atom. The number of fused-ring (bicyclic) bond motifs is 1. The summed E-state index contributed by atoms with van der Waals surface area (Å²) in [7, 11) is 0. The predicted molar refractivity (Wildman–Crippen MR) is 99.8 cm³/mol. The molecule has 0 spiro atoms. The van der Waals surface area contributed by atoms with Gasteiger partial charge in [0.2, 0.25) is 5.91 Å². The van der Waals surface area contributed by atoms with Crippen LogP contribution in [-0.2, 0) is 4.79 Å². The lowest BCUT2D eigenvalue weighted by molar-refractivity contribution is -0.121. The molecule has 26 heavy (non-hydrogen) atoms. The fourth-order valence-electron chi connectivity index (χ4n) is 3.42. The summed E-state index contributed by atoms with van der Waals surface area (Å²) in [4.78, 5) is 27.2. The van der Waals surface area contributed by atoms with Gasteiger partial charge in [-0.15, -0.1) is 0 Å². The van der Waals surface area contributed by atoms with Gasteiger partial charge < -0.3 is 10.2 Å². The van der Waals surface area contributed by atoms with Gasteiger partial charge >= 0.3 is 0 Å². The maximum absolute atomic E-state index is 12.9. The largest absolute Gasteiger partial charge is 0.336 e. The lowest BCUT2D eigenvalue weighted by atomic mass is 9.96. The molecule has 2 heterocycles. The van der Waals surface area contributed by atoms with Crippen LogP contribution in [-0.4, -0.2) is 40.0 Å². The summed E-state index contributed by atoms with van der Waals surface area (Å²) in [5.41, 5.74) is 2.04. The first kappa shape index (κ1) is 16.3. The van der Waals surface area contributed by atoms with Crippen molar-refractivity contribution in [2.24, 2.45) is 5.92 Å². The number of rotatable bonds is 3. The number of hydrogen-bond donors (Lipinski definition) is 2. The van der Waals surface area contributed by atoms with E-state index in [1.54, 1.807) is 4.90 Å². The summed E-state index contributed by atoms with van der Waals surface area (Å²) in [5.74, 6) is -0.377. The van der Waals surface area contributed by atoms with Gasteiger partial charge in [0, 0.05) is 24.2 Å². The van der Waals surface area contributed by atoms with Crippen molar-refractivity contribution in [1.29, 1.82) is 0 Å². The average Bonchev–Trinajstić information content (AvgIpc) is 3.12. The number of piperidine rings is 1. The number of anilines is 1. The Morgan fingerprint density at radius 2 is 1.85 bits per heavy atom. The molecular weight excluding hydrogens is 328 g/mol. The SMILES string of the molecule is O=C(Nc1ccccc1)[C@@H]1CCCN(C(=O)c2n[nH]c3ccccc23)C1. The Hall–Kier alpha value is -3.15. The van der Waals surface area contributed by atoms with E-state index in [2.05, 4.69) is 15.5 Å². The summed E-state index contributed by atoms with van der Waals surface area (Å²) in [6.45, 7) is 1.06. The van der Waals surface area contributed by atoms with Gasteiger partial charge in [-0.25, -0.2) is 0 Å². The maximum atomic E-state index is 12.9. The number of nitrogens with zero attached hydrogens (tertiary/aromatic N) is 2. The van der Waals surface area contributed by atoms with Crippen molar-refractivity contribution in [1.82, 2.24) is 15.1 Å². The number of hydrogen-bond acceptors (Lipinski definition) is 3. The summed E-state index contributed by atoms with van der Waals surface area (Å²) >= 11 is 0. The van der Waals surface area contributed by atoms with Crippen LogP contribution >= 0.6 is 0 Å². The molecule has 4 rings (SSSR count). The number of likely N-dealkylation sites (tertiary alicyclic amines) is 1. The molecule has 2 aromatic carbocycles. The molecule has 1 aliphatic heterocycles. The second-order valence-electron chi connectivity index (χ2n) is 6.56. The van der Waals surface area contributed by atoms with E-state index >= 15 is 0 Å². The summed E-state index contributed by atoms with van der Waals surface area (Å²) < 4.78 is 0. The molecule has 0 aliphatic carbocycles. The summed E-state index contributed by atoms with van der Waals surface area (Å²) in [6.07, 6.45) is 1.59. The smallest absolute Gasteiger partial charge is 0.275 e. The number of para-hydroxylation sites is 2. The molecule has 132 valence electrons. The van der Waals surface area contributed by atoms with Gasteiger partial charge in [-0.05, 0) is 31.0 Å². The lowest BCUT2D eigenvalue weighted by Gasteiger charge is -2.31. The van der Waals surface area contributed by atoms with Crippen molar-refractivity contribution in [2.75, 3.05) is 18.4 Å². The third kappa shape index (κ3) is 3.18. The van der Waals surface area contributed by atoms with Crippen LogP contribution in [0.3, 0.4) is 0 Å². The van der Waals surface area contributed by atoms with Crippen molar-refractivity contribution in [3.8, 4) is 0 Å². The average molecular weight is 348 g/mol. The Balaban J connectivity index is 1.48. The fraction of sp³-hybridized carbons (Fsp3) is 0.250. The van der Waals surface area contributed by atoms with Crippen LogP contribution < -0.4 is 5.32 Å². The molecular formula is C20H20N4O2. The molecule has 6 nitrogen and oxygen atoms in total. The van der Waals surface area contributed by atoms with E-state index in [-0.39, 0.29) is 17.7 Å². The highest BCUT2D eigenvalue weighted by atomic mass is 16.2. The zero-order chi connectivity index (χ0) is 17.9. The molecule has 1 saturated heterocycles. The first-order valence-corrected chi connectivity index (χ1v) is 8.80. The van der Waals surface area contributed by atoms with Crippen LogP contribution in [0.2, 0.25) is 0 Å². The monoisotopic (exact) mass is 348 g/mol. The van der Waals surface area contributed by atoms with E-state index < -0.39 is 0 Å². The van der Waals surface area contributed by atoms with Gasteiger partial charge in [0.05, 0.1) is 11.4 Å². The minimum absolute atomic E-state index is 0.0411.